The number of nitrogens with zero attached hydrogens (tertiary/aromatic N) is 2. The van der Waals surface area contributed by atoms with Crippen LogP contribution in [0.3, 0.4) is 0 Å². The Hall–Kier alpha value is -1.00. The maximum Gasteiger partial charge on any atom is 0.157 e. The van der Waals surface area contributed by atoms with Crippen LogP contribution in [0.1, 0.15) is 68.3 Å². The van der Waals surface area contributed by atoms with Crippen molar-refractivity contribution in [3.8, 4) is 0 Å². The molecule has 20 heavy (non-hydrogen) atoms. The molecule has 4 nitrogen and oxygen atoms in total. The van der Waals surface area contributed by atoms with Crippen molar-refractivity contribution in [3.05, 3.63) is 23.3 Å². The van der Waals surface area contributed by atoms with Gasteiger partial charge in [0.25, 0.3) is 0 Å². The van der Waals surface area contributed by atoms with E-state index in [1.807, 2.05) is 13.2 Å². The Labute approximate surface area is 121 Å². The van der Waals surface area contributed by atoms with Crippen LogP contribution in [0.5, 0.6) is 0 Å². The van der Waals surface area contributed by atoms with E-state index in [1.54, 1.807) is 0 Å². The van der Waals surface area contributed by atoms with E-state index in [4.69, 9.17) is 9.72 Å². The molecule has 0 radical (unpaired) electrons. The van der Waals surface area contributed by atoms with E-state index >= 15 is 0 Å². The number of ether oxygens (including phenoxy) is 1. The molecule has 2 aliphatic rings. The lowest BCUT2D eigenvalue weighted by Gasteiger charge is -2.19. The number of rotatable bonds is 5. The summed E-state index contributed by atoms with van der Waals surface area (Å²) in [6.07, 6.45) is 9.41. The molecule has 0 amide bonds. The van der Waals surface area contributed by atoms with Gasteiger partial charge in [0, 0.05) is 30.1 Å². The minimum absolute atomic E-state index is 0.113. The predicted octanol–water partition coefficient (Wildman–Crippen LogP) is 2.95. The largest absolute Gasteiger partial charge is 0.370 e. The van der Waals surface area contributed by atoms with Crippen LogP contribution in [-0.2, 0) is 11.2 Å². The molecule has 0 spiro atoms. The SMILES string of the molecule is CCOC(c1ncc2c(n1)CCCCC2NC)C1CC1. The molecule has 4 heteroatoms. The predicted molar refractivity (Wildman–Crippen MR) is 78.5 cm³/mol. The maximum atomic E-state index is 5.89. The van der Waals surface area contributed by atoms with Gasteiger partial charge in [-0.1, -0.05) is 6.42 Å². The van der Waals surface area contributed by atoms with Gasteiger partial charge in [0.05, 0.1) is 0 Å². The molecule has 2 atom stereocenters. The number of hydrogen-bond donors (Lipinski definition) is 1. The molecule has 0 bridgehead atoms. The van der Waals surface area contributed by atoms with Crippen molar-refractivity contribution in [3.63, 3.8) is 0 Å². The topological polar surface area (TPSA) is 47.0 Å². The van der Waals surface area contributed by atoms with Crippen LogP contribution in [0.2, 0.25) is 0 Å². The lowest BCUT2D eigenvalue weighted by molar-refractivity contribution is 0.0398. The summed E-state index contributed by atoms with van der Waals surface area (Å²) in [5, 5.41) is 3.40. The molecule has 1 aromatic rings. The number of hydrogen-bond acceptors (Lipinski definition) is 4. The van der Waals surface area contributed by atoms with Crippen LogP contribution >= 0.6 is 0 Å². The zero-order valence-electron chi connectivity index (χ0n) is 12.6. The Morgan fingerprint density at radius 1 is 1.35 bits per heavy atom. The van der Waals surface area contributed by atoms with Crippen LogP contribution in [-0.4, -0.2) is 23.6 Å². The Balaban J connectivity index is 1.88. The van der Waals surface area contributed by atoms with Crippen LogP contribution in [0.15, 0.2) is 6.20 Å². The molecule has 2 unspecified atom stereocenters. The second-order valence-corrected chi connectivity index (χ2v) is 5.93. The molecule has 1 aromatic heterocycles. The Morgan fingerprint density at radius 2 is 2.20 bits per heavy atom. The molecule has 2 aliphatic carbocycles. The molecule has 1 heterocycles. The molecule has 3 rings (SSSR count). The lowest BCUT2D eigenvalue weighted by atomic mass is 10.0. The van der Waals surface area contributed by atoms with Gasteiger partial charge in [0.15, 0.2) is 5.82 Å². The van der Waals surface area contributed by atoms with Crippen molar-refractivity contribution in [1.82, 2.24) is 15.3 Å². The van der Waals surface area contributed by atoms with E-state index in [0.29, 0.717) is 12.0 Å². The molecular formula is C16H25N3O. The van der Waals surface area contributed by atoms with Crippen LogP contribution in [0.25, 0.3) is 0 Å². The third-order valence-electron chi connectivity index (χ3n) is 4.45. The lowest BCUT2D eigenvalue weighted by Crippen LogP contribution is -2.19. The van der Waals surface area contributed by atoms with E-state index in [2.05, 4.69) is 17.2 Å². The molecule has 1 fully saturated rings. The highest BCUT2D eigenvalue weighted by atomic mass is 16.5. The summed E-state index contributed by atoms with van der Waals surface area (Å²) < 4.78 is 5.89. The van der Waals surface area contributed by atoms with Crippen LogP contribution in [0, 0.1) is 5.92 Å². The third-order valence-corrected chi connectivity index (χ3v) is 4.45. The Bertz CT molecular complexity index is 459. The van der Waals surface area contributed by atoms with Gasteiger partial charge < -0.3 is 10.1 Å². The minimum atomic E-state index is 0.113. The summed E-state index contributed by atoms with van der Waals surface area (Å²) in [6, 6.07) is 0.410. The van der Waals surface area contributed by atoms with Crippen molar-refractivity contribution in [1.29, 1.82) is 0 Å². The van der Waals surface area contributed by atoms with Crippen LogP contribution in [0.4, 0.5) is 0 Å². The third kappa shape index (κ3) is 2.86. The Morgan fingerprint density at radius 3 is 2.90 bits per heavy atom. The molecular weight excluding hydrogens is 250 g/mol. The summed E-state index contributed by atoms with van der Waals surface area (Å²) >= 11 is 0. The first-order valence-electron chi connectivity index (χ1n) is 7.98. The molecule has 0 aliphatic heterocycles. The van der Waals surface area contributed by atoms with Crippen molar-refractivity contribution >= 4 is 0 Å². The fraction of sp³-hybridized carbons (Fsp3) is 0.750. The smallest absolute Gasteiger partial charge is 0.157 e. The van der Waals surface area contributed by atoms with Gasteiger partial charge in [-0.15, -0.1) is 0 Å². The van der Waals surface area contributed by atoms with E-state index in [9.17, 15) is 0 Å². The van der Waals surface area contributed by atoms with E-state index in [0.717, 1.165) is 18.9 Å². The summed E-state index contributed by atoms with van der Waals surface area (Å²) in [5.41, 5.74) is 2.52. The highest BCUT2D eigenvalue weighted by Crippen LogP contribution is 2.42. The van der Waals surface area contributed by atoms with Gasteiger partial charge in [-0.05, 0) is 52.0 Å². The van der Waals surface area contributed by atoms with Gasteiger partial charge in [0.2, 0.25) is 0 Å². The normalized spacial score (nSPS) is 24.0. The number of aromatic nitrogens is 2. The second-order valence-electron chi connectivity index (χ2n) is 5.93. The number of nitrogens with one attached hydrogen (secondary N) is 1. The van der Waals surface area contributed by atoms with Crippen molar-refractivity contribution in [2.45, 2.75) is 57.6 Å². The van der Waals surface area contributed by atoms with Gasteiger partial charge in [0.1, 0.15) is 6.10 Å². The molecule has 0 aromatic carbocycles. The zero-order valence-corrected chi connectivity index (χ0v) is 12.6. The second kappa shape index (κ2) is 6.19. The van der Waals surface area contributed by atoms with E-state index in [-0.39, 0.29) is 6.10 Å². The first-order chi connectivity index (χ1) is 9.83. The zero-order chi connectivity index (χ0) is 13.9. The fourth-order valence-electron chi connectivity index (χ4n) is 3.17. The quantitative estimate of drug-likeness (QED) is 0.839. The number of aryl methyl sites for hydroxylation is 1. The fourth-order valence-corrected chi connectivity index (χ4v) is 3.17. The average Bonchev–Trinajstić information content (AvgIpc) is 3.30. The standard InChI is InChI=1S/C16H25N3O/c1-3-20-15(11-8-9-11)16-18-10-12-13(17-2)6-4-5-7-14(12)19-16/h10-11,13,15,17H,3-9H2,1-2H3. The average molecular weight is 275 g/mol. The monoisotopic (exact) mass is 275 g/mol. The first kappa shape index (κ1) is 14.0. The van der Waals surface area contributed by atoms with Gasteiger partial charge in [-0.25, -0.2) is 9.97 Å². The van der Waals surface area contributed by atoms with Crippen molar-refractivity contribution < 1.29 is 4.74 Å². The summed E-state index contributed by atoms with van der Waals surface area (Å²) in [6.45, 7) is 2.79. The summed E-state index contributed by atoms with van der Waals surface area (Å²) in [4.78, 5) is 9.51. The molecule has 1 saturated carbocycles. The first-order valence-corrected chi connectivity index (χ1v) is 7.98. The Kier molecular flexibility index (Phi) is 4.32. The van der Waals surface area contributed by atoms with E-state index in [1.165, 1.54) is 43.4 Å². The van der Waals surface area contributed by atoms with Gasteiger partial charge in [-0.3, -0.25) is 0 Å². The van der Waals surface area contributed by atoms with Crippen LogP contribution < -0.4 is 5.32 Å². The highest BCUT2D eigenvalue weighted by Gasteiger charge is 2.35. The number of fused-ring (bicyclic) bond motifs is 1. The molecule has 110 valence electrons. The summed E-state index contributed by atoms with van der Waals surface area (Å²) in [5.74, 6) is 1.55. The highest BCUT2D eigenvalue weighted by molar-refractivity contribution is 5.24. The molecule has 1 N–H and O–H groups in total. The van der Waals surface area contributed by atoms with Gasteiger partial charge >= 0.3 is 0 Å². The molecule has 0 saturated heterocycles. The minimum Gasteiger partial charge on any atom is -0.370 e. The van der Waals surface area contributed by atoms with Gasteiger partial charge in [-0.2, -0.15) is 0 Å². The van der Waals surface area contributed by atoms with E-state index < -0.39 is 0 Å². The van der Waals surface area contributed by atoms with Crippen molar-refractivity contribution in [2.75, 3.05) is 13.7 Å². The maximum absolute atomic E-state index is 5.89. The summed E-state index contributed by atoms with van der Waals surface area (Å²) in [7, 11) is 2.03. The van der Waals surface area contributed by atoms with Crippen molar-refractivity contribution in [2.24, 2.45) is 5.92 Å².